The van der Waals surface area contributed by atoms with E-state index in [1.165, 1.54) is 0 Å². The molecular formula is C15H15BrCl2N2O. The Morgan fingerprint density at radius 2 is 2.00 bits per heavy atom. The average Bonchev–Trinajstić information content (AvgIpc) is 2.85. The lowest BCUT2D eigenvalue weighted by Gasteiger charge is -2.26. The summed E-state index contributed by atoms with van der Waals surface area (Å²) < 4.78 is 0.851. The van der Waals surface area contributed by atoms with Gasteiger partial charge in [-0.1, -0.05) is 29.3 Å². The minimum absolute atomic E-state index is 0.0539. The number of amides is 1. The van der Waals surface area contributed by atoms with Crippen molar-refractivity contribution in [3.63, 3.8) is 0 Å². The molecule has 2 aromatic rings. The second-order valence-electron chi connectivity index (χ2n) is 5.01. The maximum atomic E-state index is 12.6. The van der Waals surface area contributed by atoms with Gasteiger partial charge >= 0.3 is 0 Å². The highest BCUT2D eigenvalue weighted by atomic mass is 79.9. The monoisotopic (exact) mass is 388 g/mol. The van der Waals surface area contributed by atoms with Gasteiger partial charge in [0.25, 0.3) is 5.91 Å². The first-order valence-electron chi connectivity index (χ1n) is 6.47. The Kier molecular flexibility index (Phi) is 5.36. The Morgan fingerprint density at radius 1 is 1.29 bits per heavy atom. The molecule has 0 radical (unpaired) electrons. The molecule has 3 nitrogen and oxygen atoms in total. The molecule has 1 N–H and O–H groups in total. The number of H-pyrrole nitrogens is 1. The zero-order valence-electron chi connectivity index (χ0n) is 11.7. The summed E-state index contributed by atoms with van der Waals surface area (Å²) >= 11 is 15.3. The molecule has 2 rings (SSSR count). The van der Waals surface area contributed by atoms with Crippen LogP contribution >= 0.6 is 39.1 Å². The number of nitrogens with one attached hydrogen (secondary N) is 1. The first-order chi connectivity index (χ1) is 9.88. The first kappa shape index (κ1) is 16.4. The largest absolute Gasteiger partial charge is 0.356 e. The van der Waals surface area contributed by atoms with Crippen LogP contribution in [0.5, 0.6) is 0 Å². The van der Waals surface area contributed by atoms with Crippen molar-refractivity contribution in [1.82, 2.24) is 9.88 Å². The third-order valence-electron chi connectivity index (χ3n) is 3.10. The molecule has 1 heterocycles. The summed E-state index contributed by atoms with van der Waals surface area (Å²) in [5.74, 6) is -0.0539. The van der Waals surface area contributed by atoms with Crippen LogP contribution < -0.4 is 0 Å². The molecule has 0 saturated carbocycles. The number of benzene rings is 1. The van der Waals surface area contributed by atoms with E-state index in [1.54, 1.807) is 29.3 Å². The van der Waals surface area contributed by atoms with Gasteiger partial charge in [0, 0.05) is 23.3 Å². The van der Waals surface area contributed by atoms with Crippen molar-refractivity contribution < 1.29 is 4.79 Å². The van der Waals surface area contributed by atoms with E-state index in [2.05, 4.69) is 20.9 Å². The van der Waals surface area contributed by atoms with Crippen LogP contribution in [0, 0.1) is 0 Å². The van der Waals surface area contributed by atoms with Crippen LogP contribution in [-0.4, -0.2) is 21.8 Å². The summed E-state index contributed by atoms with van der Waals surface area (Å²) in [7, 11) is 0. The van der Waals surface area contributed by atoms with E-state index in [-0.39, 0.29) is 11.9 Å². The van der Waals surface area contributed by atoms with E-state index < -0.39 is 0 Å². The SMILES string of the molecule is CC(C)N(Cc1ccc(Cl)c(Cl)c1)C(=O)c1cc(Br)c[nH]1. The second kappa shape index (κ2) is 6.86. The standard InChI is InChI=1S/C15H15BrCl2N2O/c1-9(2)20(15(21)14-6-11(16)7-19-14)8-10-3-4-12(17)13(18)5-10/h3-7,9,19H,8H2,1-2H3. The average molecular weight is 390 g/mol. The lowest BCUT2D eigenvalue weighted by molar-refractivity contribution is 0.0685. The van der Waals surface area contributed by atoms with E-state index in [1.807, 2.05) is 19.9 Å². The smallest absolute Gasteiger partial charge is 0.270 e. The molecule has 0 fully saturated rings. The van der Waals surface area contributed by atoms with E-state index in [0.717, 1.165) is 10.0 Å². The summed E-state index contributed by atoms with van der Waals surface area (Å²) in [5, 5.41) is 1.00. The molecule has 1 amide bonds. The first-order valence-corrected chi connectivity index (χ1v) is 8.02. The molecule has 0 aliphatic rings. The topological polar surface area (TPSA) is 36.1 Å². The highest BCUT2D eigenvalue weighted by Crippen LogP contribution is 2.24. The molecular weight excluding hydrogens is 375 g/mol. The van der Waals surface area contributed by atoms with Crippen molar-refractivity contribution in [2.45, 2.75) is 26.4 Å². The van der Waals surface area contributed by atoms with Crippen LogP contribution in [0.4, 0.5) is 0 Å². The van der Waals surface area contributed by atoms with Gasteiger partial charge < -0.3 is 9.88 Å². The maximum Gasteiger partial charge on any atom is 0.270 e. The Morgan fingerprint density at radius 3 is 2.52 bits per heavy atom. The molecule has 0 saturated heterocycles. The van der Waals surface area contributed by atoms with Crippen molar-refractivity contribution in [3.8, 4) is 0 Å². The number of aromatic amines is 1. The summed E-state index contributed by atoms with van der Waals surface area (Å²) in [6, 6.07) is 7.24. The van der Waals surface area contributed by atoms with Crippen molar-refractivity contribution in [2.24, 2.45) is 0 Å². The molecule has 112 valence electrons. The lowest BCUT2D eigenvalue weighted by atomic mass is 10.1. The Bertz CT molecular complexity index is 655. The van der Waals surface area contributed by atoms with Gasteiger partial charge in [0.2, 0.25) is 0 Å². The molecule has 21 heavy (non-hydrogen) atoms. The van der Waals surface area contributed by atoms with Crippen molar-refractivity contribution in [1.29, 1.82) is 0 Å². The Balaban J connectivity index is 2.23. The summed E-state index contributed by atoms with van der Waals surface area (Å²) in [6.45, 7) is 4.44. The van der Waals surface area contributed by atoms with Gasteiger partial charge in [-0.25, -0.2) is 0 Å². The summed E-state index contributed by atoms with van der Waals surface area (Å²) in [6.07, 6.45) is 1.74. The number of carbonyl (C=O) groups excluding carboxylic acids is 1. The number of aromatic nitrogens is 1. The molecule has 0 atom stereocenters. The number of hydrogen-bond donors (Lipinski definition) is 1. The molecule has 1 aromatic carbocycles. The van der Waals surface area contributed by atoms with Crippen LogP contribution in [0.1, 0.15) is 29.9 Å². The van der Waals surface area contributed by atoms with E-state index in [0.29, 0.717) is 22.3 Å². The van der Waals surface area contributed by atoms with E-state index in [9.17, 15) is 4.79 Å². The zero-order chi connectivity index (χ0) is 15.6. The fourth-order valence-electron chi connectivity index (χ4n) is 1.97. The number of nitrogens with zero attached hydrogens (tertiary/aromatic N) is 1. The highest BCUT2D eigenvalue weighted by Gasteiger charge is 2.20. The van der Waals surface area contributed by atoms with Gasteiger partial charge in [0.15, 0.2) is 0 Å². The molecule has 0 spiro atoms. The normalized spacial score (nSPS) is 11.0. The Hall–Kier alpha value is -0.970. The minimum atomic E-state index is -0.0539. The van der Waals surface area contributed by atoms with Gasteiger partial charge in [-0.15, -0.1) is 0 Å². The lowest BCUT2D eigenvalue weighted by Crippen LogP contribution is -2.36. The third kappa shape index (κ3) is 4.02. The van der Waals surface area contributed by atoms with Gasteiger partial charge in [-0.2, -0.15) is 0 Å². The van der Waals surface area contributed by atoms with Crippen LogP contribution in [0.15, 0.2) is 34.9 Å². The molecule has 0 unspecified atom stereocenters. The molecule has 1 aromatic heterocycles. The molecule has 0 aliphatic heterocycles. The number of rotatable bonds is 4. The summed E-state index contributed by atoms with van der Waals surface area (Å²) in [4.78, 5) is 17.3. The van der Waals surface area contributed by atoms with Gasteiger partial charge in [0.05, 0.1) is 10.0 Å². The van der Waals surface area contributed by atoms with Crippen LogP contribution in [-0.2, 0) is 6.54 Å². The van der Waals surface area contributed by atoms with Gasteiger partial charge in [-0.05, 0) is 53.5 Å². The number of hydrogen-bond acceptors (Lipinski definition) is 1. The quantitative estimate of drug-likeness (QED) is 0.772. The maximum absolute atomic E-state index is 12.6. The zero-order valence-corrected chi connectivity index (χ0v) is 14.8. The fourth-order valence-corrected chi connectivity index (χ4v) is 2.63. The van der Waals surface area contributed by atoms with Gasteiger partial charge in [-0.3, -0.25) is 4.79 Å². The van der Waals surface area contributed by atoms with E-state index in [4.69, 9.17) is 23.2 Å². The van der Waals surface area contributed by atoms with Crippen LogP contribution in [0.2, 0.25) is 10.0 Å². The molecule has 0 bridgehead atoms. The minimum Gasteiger partial charge on any atom is -0.356 e. The third-order valence-corrected chi connectivity index (χ3v) is 4.30. The predicted octanol–water partition coefficient (Wildman–Crippen LogP) is 5.13. The van der Waals surface area contributed by atoms with Crippen LogP contribution in [0.25, 0.3) is 0 Å². The summed E-state index contributed by atoms with van der Waals surface area (Å²) in [5.41, 5.74) is 1.49. The highest BCUT2D eigenvalue weighted by molar-refractivity contribution is 9.10. The van der Waals surface area contributed by atoms with Crippen LogP contribution in [0.3, 0.4) is 0 Å². The van der Waals surface area contributed by atoms with Crippen molar-refractivity contribution in [3.05, 3.63) is 56.2 Å². The fraction of sp³-hybridized carbons (Fsp3) is 0.267. The van der Waals surface area contributed by atoms with Crippen molar-refractivity contribution >= 4 is 45.0 Å². The van der Waals surface area contributed by atoms with Gasteiger partial charge in [0.1, 0.15) is 5.69 Å². The Labute approximate surface area is 142 Å². The molecule has 6 heteroatoms. The number of halogens is 3. The second-order valence-corrected chi connectivity index (χ2v) is 6.74. The molecule has 0 aliphatic carbocycles. The number of carbonyl (C=O) groups is 1. The predicted molar refractivity (Wildman–Crippen MR) is 90.0 cm³/mol. The van der Waals surface area contributed by atoms with Crippen molar-refractivity contribution in [2.75, 3.05) is 0 Å². The van der Waals surface area contributed by atoms with E-state index >= 15 is 0 Å².